The molecule has 1 aromatic carbocycles. The molecule has 0 unspecified atom stereocenters. The number of aryl methyl sites for hydroxylation is 2. The Morgan fingerprint density at radius 2 is 1.83 bits per heavy atom. The van der Waals surface area contributed by atoms with Gasteiger partial charge in [0.2, 0.25) is 11.8 Å². The largest absolute Gasteiger partial charge is 0.342 e. The number of amides is 2. The van der Waals surface area contributed by atoms with Gasteiger partial charge >= 0.3 is 0 Å². The van der Waals surface area contributed by atoms with Crippen molar-refractivity contribution in [3.8, 4) is 0 Å². The van der Waals surface area contributed by atoms with Gasteiger partial charge in [0.15, 0.2) is 0 Å². The first-order valence-corrected chi connectivity index (χ1v) is 14.0. The summed E-state index contributed by atoms with van der Waals surface area (Å²) in [4.78, 5) is 30.6. The number of carbonyl (C=O) groups excluding carboxylic acids is 2. The van der Waals surface area contributed by atoms with Crippen LogP contribution >= 0.6 is 11.6 Å². The summed E-state index contributed by atoms with van der Waals surface area (Å²) in [6.07, 6.45) is 5.71. The number of rotatable bonds is 5. The molecule has 3 heterocycles. The molecule has 2 amide bonds. The average Bonchev–Trinajstić information content (AvgIpc) is 3.31. The zero-order chi connectivity index (χ0) is 25.5. The van der Waals surface area contributed by atoms with Crippen molar-refractivity contribution >= 4 is 33.4 Å². The van der Waals surface area contributed by atoms with Crippen molar-refractivity contribution in [3.05, 3.63) is 40.7 Å². The number of hydrogen-bond donors (Lipinski definition) is 1. The van der Waals surface area contributed by atoms with Crippen molar-refractivity contribution in [2.75, 3.05) is 26.2 Å². The normalized spacial score (nSPS) is 25.1. The van der Waals surface area contributed by atoms with Crippen molar-refractivity contribution in [3.63, 3.8) is 0 Å². The van der Waals surface area contributed by atoms with Crippen molar-refractivity contribution < 1.29 is 18.0 Å². The molecule has 3 aliphatic rings. The van der Waals surface area contributed by atoms with Crippen LogP contribution in [0.3, 0.4) is 0 Å². The van der Waals surface area contributed by atoms with Crippen LogP contribution in [0.15, 0.2) is 29.4 Å². The van der Waals surface area contributed by atoms with E-state index in [4.69, 9.17) is 11.6 Å². The monoisotopic (exact) mass is 522 g/mol. The van der Waals surface area contributed by atoms with E-state index >= 15 is 0 Å². The second kappa shape index (κ2) is 9.75. The molecule has 2 atom stereocenters. The van der Waals surface area contributed by atoms with Crippen molar-refractivity contribution in [1.29, 1.82) is 0 Å². The minimum atomic E-state index is -4.08. The van der Waals surface area contributed by atoms with Gasteiger partial charge in [0.05, 0.1) is 11.3 Å². The number of hydrogen-bond acceptors (Lipinski definition) is 5. The second-order valence-corrected chi connectivity index (χ2v) is 12.8. The highest BCUT2D eigenvalue weighted by Gasteiger charge is 2.43. The number of halogens is 1. The maximum Gasteiger partial charge on any atom is 0.264 e. The van der Waals surface area contributed by atoms with Crippen LogP contribution in [0.2, 0.25) is 5.02 Å². The van der Waals surface area contributed by atoms with E-state index < -0.39 is 22.0 Å². The average molecular weight is 523 g/mol. The minimum absolute atomic E-state index is 0.0729. The van der Waals surface area contributed by atoms with E-state index in [-0.39, 0.29) is 22.6 Å². The Labute approximate surface area is 213 Å². The number of carbonyl (C=O) groups is 2. The van der Waals surface area contributed by atoms with Gasteiger partial charge < -0.3 is 10.2 Å². The van der Waals surface area contributed by atoms with E-state index in [1.54, 1.807) is 24.8 Å². The fourth-order valence-corrected chi connectivity index (χ4v) is 7.63. The van der Waals surface area contributed by atoms with Crippen LogP contribution in [-0.4, -0.2) is 72.6 Å². The molecule has 2 fully saturated rings. The summed E-state index contributed by atoms with van der Waals surface area (Å²) in [5, 5.41) is 3.04. The van der Waals surface area contributed by atoms with Gasteiger partial charge in [-0.3, -0.25) is 18.8 Å². The van der Waals surface area contributed by atoms with Crippen LogP contribution in [0, 0.1) is 19.3 Å². The second-order valence-electron chi connectivity index (χ2n) is 10.6. The van der Waals surface area contributed by atoms with Crippen LogP contribution in [0.5, 0.6) is 0 Å². The molecule has 10 heteroatoms. The lowest BCUT2D eigenvalue weighted by Crippen LogP contribution is -2.57. The number of sulfonamides is 1. The molecule has 3 aliphatic heterocycles. The maximum atomic E-state index is 13.6. The summed E-state index contributed by atoms with van der Waals surface area (Å²) in [6, 6.07) is 2.37. The SMILES string of the molecule is Cc1cc(S(=O)(=O)N2C=CNC(=O)[C@H]2CC(=O)N2CC[C@@H](N3CCCC3)C(C)(C)C2)c(C)cc1Cl. The molecule has 0 spiro atoms. The Balaban J connectivity index is 1.53. The molecule has 0 radical (unpaired) electrons. The first-order chi connectivity index (χ1) is 16.4. The van der Waals surface area contributed by atoms with Crippen LogP contribution in [-0.2, 0) is 19.6 Å². The molecule has 0 saturated carbocycles. The van der Waals surface area contributed by atoms with Gasteiger partial charge in [0, 0.05) is 36.6 Å². The highest BCUT2D eigenvalue weighted by atomic mass is 35.5. The van der Waals surface area contributed by atoms with Crippen LogP contribution < -0.4 is 5.32 Å². The maximum absolute atomic E-state index is 13.6. The van der Waals surface area contributed by atoms with Gasteiger partial charge in [-0.2, -0.15) is 0 Å². The molecular weight excluding hydrogens is 488 g/mol. The van der Waals surface area contributed by atoms with E-state index in [2.05, 4.69) is 24.1 Å². The third-order valence-electron chi connectivity index (χ3n) is 7.54. The first-order valence-electron chi connectivity index (χ1n) is 12.2. The molecule has 1 aromatic rings. The fraction of sp³-hybridized carbons (Fsp3) is 0.600. The van der Waals surface area contributed by atoms with E-state index in [9.17, 15) is 18.0 Å². The Kier molecular flexibility index (Phi) is 7.23. The number of nitrogens with one attached hydrogen (secondary N) is 1. The molecule has 2 saturated heterocycles. The van der Waals surface area contributed by atoms with E-state index in [1.165, 1.54) is 31.3 Å². The Bertz CT molecular complexity index is 1140. The summed E-state index contributed by atoms with van der Waals surface area (Å²) < 4.78 is 28.2. The fourth-order valence-electron chi connectivity index (χ4n) is 5.67. The molecule has 0 bridgehead atoms. The summed E-state index contributed by atoms with van der Waals surface area (Å²) in [5.74, 6) is -0.725. The Morgan fingerprint density at radius 3 is 2.49 bits per heavy atom. The highest BCUT2D eigenvalue weighted by molar-refractivity contribution is 7.89. The van der Waals surface area contributed by atoms with Crippen LogP contribution in [0.4, 0.5) is 0 Å². The predicted octanol–water partition coefficient (Wildman–Crippen LogP) is 3.03. The summed E-state index contributed by atoms with van der Waals surface area (Å²) in [5.41, 5.74) is 1.02. The number of piperidine rings is 1. The summed E-state index contributed by atoms with van der Waals surface area (Å²) >= 11 is 6.16. The van der Waals surface area contributed by atoms with Crippen molar-refractivity contribution in [2.45, 2.75) is 70.4 Å². The smallest absolute Gasteiger partial charge is 0.264 e. The topological polar surface area (TPSA) is 90.0 Å². The van der Waals surface area contributed by atoms with E-state index in [0.717, 1.165) is 23.8 Å². The molecule has 0 aromatic heterocycles. The molecule has 0 aliphatic carbocycles. The molecular formula is C25H35ClN4O4S. The van der Waals surface area contributed by atoms with Gasteiger partial charge in [0.25, 0.3) is 10.0 Å². The van der Waals surface area contributed by atoms with Crippen LogP contribution in [0.25, 0.3) is 0 Å². The summed E-state index contributed by atoms with van der Waals surface area (Å²) in [7, 11) is -4.08. The highest BCUT2D eigenvalue weighted by Crippen LogP contribution is 2.36. The zero-order valence-corrected chi connectivity index (χ0v) is 22.5. The van der Waals surface area contributed by atoms with Crippen molar-refractivity contribution in [2.24, 2.45) is 5.41 Å². The van der Waals surface area contributed by atoms with Gasteiger partial charge in [-0.05, 0) is 74.9 Å². The third kappa shape index (κ3) is 5.08. The number of nitrogens with zero attached hydrogens (tertiary/aromatic N) is 3. The molecule has 35 heavy (non-hydrogen) atoms. The lowest BCUT2D eigenvalue weighted by molar-refractivity contribution is -0.139. The predicted molar refractivity (Wildman–Crippen MR) is 135 cm³/mol. The standard InChI is InChI=1S/C25H35ClN4O4S/c1-17-14-21(18(2)13-19(17)26)35(33,34)30-12-8-27-24(32)20(30)15-23(31)29-11-7-22(25(3,4)16-29)28-9-5-6-10-28/h8,12-14,20,22H,5-7,9-11,15-16H2,1-4H3,(H,27,32)/t20-,22-/m1/s1. The molecule has 4 rings (SSSR count). The Morgan fingerprint density at radius 1 is 1.14 bits per heavy atom. The van der Waals surface area contributed by atoms with Gasteiger partial charge in [0.1, 0.15) is 6.04 Å². The lowest BCUT2D eigenvalue weighted by atomic mass is 9.78. The lowest BCUT2D eigenvalue weighted by Gasteiger charge is -2.48. The molecule has 8 nitrogen and oxygen atoms in total. The van der Waals surface area contributed by atoms with Gasteiger partial charge in [-0.25, -0.2) is 8.42 Å². The van der Waals surface area contributed by atoms with Crippen molar-refractivity contribution in [1.82, 2.24) is 19.4 Å². The Hall–Kier alpha value is -2.10. The van der Waals surface area contributed by atoms with Crippen LogP contribution in [0.1, 0.15) is 50.7 Å². The van der Waals surface area contributed by atoms with E-state index in [1.807, 2.05) is 0 Å². The quantitative estimate of drug-likeness (QED) is 0.642. The first kappa shape index (κ1) is 26.0. The third-order valence-corrected chi connectivity index (χ3v) is 9.88. The molecule has 1 N–H and O–H groups in total. The number of benzene rings is 1. The van der Waals surface area contributed by atoms with E-state index in [0.29, 0.717) is 35.3 Å². The summed E-state index contributed by atoms with van der Waals surface area (Å²) in [6.45, 7) is 11.2. The number of likely N-dealkylation sites (tertiary alicyclic amines) is 2. The van der Waals surface area contributed by atoms with Gasteiger partial charge in [-0.1, -0.05) is 25.4 Å². The minimum Gasteiger partial charge on any atom is -0.342 e. The van der Waals surface area contributed by atoms with Gasteiger partial charge in [-0.15, -0.1) is 0 Å². The molecule has 192 valence electrons. The zero-order valence-electron chi connectivity index (χ0n) is 20.9.